The summed E-state index contributed by atoms with van der Waals surface area (Å²) < 4.78 is 5.11. The molecule has 1 atom stereocenters. The molecule has 3 aliphatic rings. The maximum Gasteiger partial charge on any atom is 0.326 e. The number of amides is 3. The number of fused-ring (bicyclic) bond motifs is 1. The summed E-state index contributed by atoms with van der Waals surface area (Å²) in [6, 6.07) is 5.78. The fraction of sp³-hybridized carbons (Fsp3) is 0.591. The number of urea groups is 1. The van der Waals surface area contributed by atoms with E-state index in [-0.39, 0.29) is 30.5 Å². The molecule has 0 radical (unpaired) electrons. The third-order valence-corrected chi connectivity index (χ3v) is 6.50. The fourth-order valence-electron chi connectivity index (χ4n) is 4.67. The summed E-state index contributed by atoms with van der Waals surface area (Å²) in [5.74, 6) is -0.453. The average Bonchev–Trinajstić information content (AvgIpc) is 3.27. The van der Waals surface area contributed by atoms with E-state index in [4.69, 9.17) is 4.74 Å². The van der Waals surface area contributed by atoms with Gasteiger partial charge in [0.05, 0.1) is 19.2 Å². The van der Waals surface area contributed by atoms with E-state index < -0.39 is 5.54 Å². The number of esters is 1. The molecule has 2 heterocycles. The number of aryl methyl sites for hydroxylation is 2. The van der Waals surface area contributed by atoms with Crippen LogP contribution in [0.15, 0.2) is 18.2 Å². The van der Waals surface area contributed by atoms with Crippen molar-refractivity contribution in [2.24, 2.45) is 5.92 Å². The first-order chi connectivity index (χ1) is 13.9. The molecule has 4 rings (SSSR count). The van der Waals surface area contributed by atoms with Crippen LogP contribution in [0.25, 0.3) is 0 Å². The first-order valence-corrected chi connectivity index (χ1v) is 10.6. The lowest BCUT2D eigenvalue weighted by Crippen LogP contribution is -2.46. The number of nitrogens with one attached hydrogen (secondary N) is 1. The number of carbonyl (C=O) groups excluding carboxylic acids is 3. The Morgan fingerprint density at radius 2 is 1.93 bits per heavy atom. The Labute approximate surface area is 171 Å². The van der Waals surface area contributed by atoms with Gasteiger partial charge in [0.2, 0.25) is 0 Å². The van der Waals surface area contributed by atoms with Gasteiger partial charge in [-0.1, -0.05) is 18.2 Å². The maximum atomic E-state index is 13.2. The first kappa shape index (κ1) is 19.9. The van der Waals surface area contributed by atoms with Gasteiger partial charge in [0, 0.05) is 13.1 Å². The molecular weight excluding hydrogens is 370 g/mol. The van der Waals surface area contributed by atoms with Crippen LogP contribution in [0.2, 0.25) is 0 Å². The standard InChI is InChI=1S/C22H29N3O4/c1-3-29-19(26)16-9-11-24(12-10-16)14-25-20(27)22(2,23-21(25)28)18-8-7-15-5-4-6-17(15)13-18/h7-8,13,16H,3-6,9-12,14H2,1-2H3,(H,23,28)/t22-/m0/s1. The predicted octanol–water partition coefficient (Wildman–Crippen LogP) is 2.17. The molecule has 2 aliphatic heterocycles. The van der Waals surface area contributed by atoms with Crippen LogP contribution >= 0.6 is 0 Å². The third kappa shape index (κ3) is 3.64. The number of ether oxygens (including phenoxy) is 1. The summed E-state index contributed by atoms with van der Waals surface area (Å²) >= 11 is 0. The van der Waals surface area contributed by atoms with Crippen LogP contribution in [0, 0.1) is 5.92 Å². The van der Waals surface area contributed by atoms with Crippen molar-refractivity contribution in [3.05, 3.63) is 34.9 Å². The number of benzene rings is 1. The Kier molecular flexibility index (Phi) is 5.34. The molecular formula is C22H29N3O4. The minimum Gasteiger partial charge on any atom is -0.466 e. The number of hydrogen-bond donors (Lipinski definition) is 1. The van der Waals surface area contributed by atoms with Crippen molar-refractivity contribution in [2.75, 3.05) is 26.4 Å². The van der Waals surface area contributed by atoms with Gasteiger partial charge in [0.1, 0.15) is 5.54 Å². The van der Waals surface area contributed by atoms with E-state index in [1.807, 2.05) is 13.0 Å². The second-order valence-electron chi connectivity index (χ2n) is 8.41. The van der Waals surface area contributed by atoms with Crippen LogP contribution in [-0.2, 0) is 32.7 Å². The van der Waals surface area contributed by atoms with Crippen molar-refractivity contribution in [3.63, 3.8) is 0 Å². The lowest BCUT2D eigenvalue weighted by Gasteiger charge is -2.33. The molecule has 0 saturated carbocycles. The molecule has 1 aliphatic carbocycles. The second kappa shape index (κ2) is 7.78. The van der Waals surface area contributed by atoms with Crippen LogP contribution < -0.4 is 5.32 Å². The summed E-state index contributed by atoms with van der Waals surface area (Å²) in [5, 5.41) is 2.91. The Hall–Kier alpha value is -2.41. The highest BCUT2D eigenvalue weighted by Gasteiger charge is 2.49. The molecule has 0 unspecified atom stereocenters. The molecule has 7 heteroatoms. The van der Waals surface area contributed by atoms with Gasteiger partial charge >= 0.3 is 12.0 Å². The van der Waals surface area contributed by atoms with Crippen LogP contribution in [0.4, 0.5) is 4.79 Å². The summed E-state index contributed by atoms with van der Waals surface area (Å²) in [6.45, 7) is 5.56. The van der Waals surface area contributed by atoms with Crippen LogP contribution in [0.1, 0.15) is 49.8 Å². The molecule has 0 spiro atoms. The monoisotopic (exact) mass is 399 g/mol. The largest absolute Gasteiger partial charge is 0.466 e. The van der Waals surface area contributed by atoms with E-state index in [0.717, 1.165) is 24.8 Å². The highest BCUT2D eigenvalue weighted by molar-refractivity contribution is 6.07. The van der Waals surface area contributed by atoms with Crippen molar-refractivity contribution in [1.82, 2.24) is 15.1 Å². The lowest BCUT2D eigenvalue weighted by atomic mass is 9.90. The Balaban J connectivity index is 1.42. The van der Waals surface area contributed by atoms with Gasteiger partial charge in [-0.05, 0) is 62.6 Å². The minimum absolute atomic E-state index is 0.0917. The Morgan fingerprint density at radius 3 is 2.66 bits per heavy atom. The van der Waals surface area contributed by atoms with Gasteiger partial charge in [-0.15, -0.1) is 0 Å². The number of imide groups is 1. The molecule has 1 N–H and O–H groups in total. The second-order valence-corrected chi connectivity index (χ2v) is 8.41. The number of nitrogens with zero attached hydrogens (tertiary/aromatic N) is 2. The Morgan fingerprint density at radius 1 is 1.21 bits per heavy atom. The van der Waals surface area contributed by atoms with Crippen LogP contribution in [0.5, 0.6) is 0 Å². The lowest BCUT2D eigenvalue weighted by molar-refractivity contribution is -0.150. The van der Waals surface area contributed by atoms with Gasteiger partial charge in [-0.2, -0.15) is 0 Å². The van der Waals surface area contributed by atoms with Gasteiger partial charge < -0.3 is 10.1 Å². The summed E-state index contributed by atoms with van der Waals surface area (Å²) in [6.07, 6.45) is 4.62. The fourth-order valence-corrected chi connectivity index (χ4v) is 4.67. The van der Waals surface area contributed by atoms with Crippen molar-refractivity contribution < 1.29 is 19.1 Å². The Bertz CT molecular complexity index is 831. The highest BCUT2D eigenvalue weighted by Crippen LogP contribution is 2.33. The zero-order valence-corrected chi connectivity index (χ0v) is 17.2. The molecule has 1 aromatic rings. The van der Waals surface area contributed by atoms with Gasteiger partial charge in [0.15, 0.2) is 0 Å². The minimum atomic E-state index is -1.03. The summed E-state index contributed by atoms with van der Waals surface area (Å²) in [7, 11) is 0. The molecule has 2 fully saturated rings. The molecule has 7 nitrogen and oxygen atoms in total. The van der Waals surface area contributed by atoms with E-state index >= 15 is 0 Å². The predicted molar refractivity (Wildman–Crippen MR) is 107 cm³/mol. The van der Waals surface area contributed by atoms with E-state index in [2.05, 4.69) is 22.3 Å². The number of hydrogen-bond acceptors (Lipinski definition) is 5. The summed E-state index contributed by atoms with van der Waals surface area (Å²) in [4.78, 5) is 41.1. The molecule has 0 aromatic heterocycles. The maximum absolute atomic E-state index is 13.2. The topological polar surface area (TPSA) is 79.0 Å². The van der Waals surface area contributed by atoms with E-state index in [1.165, 1.54) is 16.0 Å². The normalized spacial score (nSPS) is 25.2. The number of carbonyl (C=O) groups is 3. The summed E-state index contributed by atoms with van der Waals surface area (Å²) in [5.41, 5.74) is 2.44. The first-order valence-electron chi connectivity index (χ1n) is 10.6. The number of rotatable bonds is 5. The van der Waals surface area contributed by atoms with E-state index in [9.17, 15) is 14.4 Å². The zero-order chi connectivity index (χ0) is 20.6. The number of likely N-dealkylation sites (tertiary alicyclic amines) is 1. The molecule has 3 amide bonds. The van der Waals surface area contributed by atoms with Crippen molar-refractivity contribution in [1.29, 1.82) is 0 Å². The average molecular weight is 399 g/mol. The third-order valence-electron chi connectivity index (χ3n) is 6.50. The van der Waals surface area contributed by atoms with Gasteiger partial charge in [0.25, 0.3) is 5.91 Å². The molecule has 29 heavy (non-hydrogen) atoms. The highest BCUT2D eigenvalue weighted by atomic mass is 16.5. The quantitative estimate of drug-likeness (QED) is 0.606. The molecule has 156 valence electrons. The van der Waals surface area contributed by atoms with E-state index in [0.29, 0.717) is 32.5 Å². The molecule has 2 saturated heterocycles. The number of piperidine rings is 1. The van der Waals surface area contributed by atoms with Crippen LogP contribution in [0.3, 0.4) is 0 Å². The smallest absolute Gasteiger partial charge is 0.326 e. The van der Waals surface area contributed by atoms with E-state index in [1.54, 1.807) is 6.92 Å². The van der Waals surface area contributed by atoms with Crippen molar-refractivity contribution >= 4 is 17.9 Å². The molecule has 1 aromatic carbocycles. The van der Waals surface area contributed by atoms with Crippen LogP contribution in [-0.4, -0.2) is 54.1 Å². The van der Waals surface area contributed by atoms with Gasteiger partial charge in [-0.3, -0.25) is 14.5 Å². The van der Waals surface area contributed by atoms with Crippen molar-refractivity contribution in [2.45, 2.75) is 51.5 Å². The zero-order valence-electron chi connectivity index (χ0n) is 17.2. The SMILES string of the molecule is CCOC(=O)C1CCN(CN2C(=O)N[C@@](C)(c3ccc4c(c3)CCC4)C2=O)CC1. The van der Waals surface area contributed by atoms with Gasteiger partial charge in [-0.25, -0.2) is 9.69 Å². The van der Waals surface area contributed by atoms with Crippen molar-refractivity contribution in [3.8, 4) is 0 Å². The molecule has 0 bridgehead atoms.